The number of unbranched alkanes of at least 4 members (excludes halogenated alkanes) is 51. The minimum absolute atomic E-state index is 0.132. The van der Waals surface area contributed by atoms with Gasteiger partial charge < -0.3 is 40.3 Å². The number of allylic oxidation sites excluding steroid dienone is 2. The Bertz CT molecular complexity index is 1250. The Balaban J connectivity index is 2.09. The molecule has 7 unspecified atom stereocenters. The SMILES string of the molecule is CCCCCCCCCCCCCC/C=C\CCCCCCCCCCCCCCCCCCC(=O)NC(COC1OC(CO)C(O)C(O)C1O)C(O)CCCCCCCCCCCCCCCCCCCCCCCCCC. The summed E-state index contributed by atoms with van der Waals surface area (Å²) in [7, 11) is 0. The van der Waals surface area contributed by atoms with Crippen LogP contribution in [0.15, 0.2) is 12.2 Å². The number of amides is 1. The molecule has 0 aromatic rings. The maximum absolute atomic E-state index is 13.1. The van der Waals surface area contributed by atoms with Gasteiger partial charge in [-0.15, -0.1) is 0 Å². The number of aliphatic hydroxyl groups excluding tert-OH is 5. The van der Waals surface area contributed by atoms with E-state index in [1.54, 1.807) is 0 Å². The molecule has 1 heterocycles. The van der Waals surface area contributed by atoms with E-state index in [1.165, 1.54) is 308 Å². The molecule has 0 aromatic heterocycles. The minimum atomic E-state index is -1.55. The molecule has 1 saturated heterocycles. The van der Waals surface area contributed by atoms with Crippen LogP contribution in [0.4, 0.5) is 0 Å². The van der Waals surface area contributed by atoms with Gasteiger partial charge in [0.2, 0.25) is 5.91 Å². The summed E-state index contributed by atoms with van der Waals surface area (Å²) >= 11 is 0. The zero-order chi connectivity index (χ0) is 57.2. The van der Waals surface area contributed by atoms with Crippen molar-refractivity contribution in [2.75, 3.05) is 13.2 Å². The van der Waals surface area contributed by atoms with Crippen LogP contribution in [0.1, 0.15) is 373 Å². The number of carbonyl (C=O) groups excluding carboxylic acids is 1. The smallest absolute Gasteiger partial charge is 0.220 e. The molecule has 1 aliphatic rings. The lowest BCUT2D eigenvalue weighted by molar-refractivity contribution is -0.302. The van der Waals surface area contributed by atoms with Crippen LogP contribution < -0.4 is 5.32 Å². The molecule has 470 valence electrons. The monoisotopic (exact) mass is 1120 g/mol. The largest absolute Gasteiger partial charge is 0.394 e. The van der Waals surface area contributed by atoms with E-state index in [0.29, 0.717) is 12.8 Å². The standard InChI is InChI=1S/C70H137NO8/c1-3-5-7-9-11-13-15-17-19-21-23-25-27-29-30-31-32-33-34-35-36-38-40-42-44-46-48-50-52-54-56-58-60-66(74)71-63(62-78-70-69(77)68(76)67(75)65(61-72)79-70)64(73)59-57-55-53-51-49-47-45-43-41-39-37-28-26-24-22-20-18-16-14-12-10-8-6-4-2/h29-30,63-65,67-70,72-73,75-77H,3-28,31-62H2,1-2H3,(H,71,74)/b30-29-. The van der Waals surface area contributed by atoms with Gasteiger partial charge in [-0.25, -0.2) is 0 Å². The van der Waals surface area contributed by atoms with Crippen molar-refractivity contribution in [1.82, 2.24) is 5.32 Å². The maximum Gasteiger partial charge on any atom is 0.220 e. The Labute approximate surface area is 490 Å². The van der Waals surface area contributed by atoms with Crippen molar-refractivity contribution < 1.29 is 39.8 Å². The van der Waals surface area contributed by atoms with Crippen LogP contribution in [-0.2, 0) is 14.3 Å². The number of hydrogen-bond acceptors (Lipinski definition) is 8. The van der Waals surface area contributed by atoms with Crippen molar-refractivity contribution in [2.45, 2.75) is 416 Å². The van der Waals surface area contributed by atoms with Crippen molar-refractivity contribution >= 4 is 5.91 Å². The van der Waals surface area contributed by atoms with Gasteiger partial charge in [-0.05, 0) is 38.5 Å². The molecule has 0 radical (unpaired) electrons. The number of carbonyl (C=O) groups is 1. The molecule has 79 heavy (non-hydrogen) atoms. The van der Waals surface area contributed by atoms with Crippen LogP contribution in [0.25, 0.3) is 0 Å². The van der Waals surface area contributed by atoms with Crippen molar-refractivity contribution in [2.24, 2.45) is 0 Å². The van der Waals surface area contributed by atoms with E-state index >= 15 is 0 Å². The van der Waals surface area contributed by atoms with Crippen molar-refractivity contribution in [3.05, 3.63) is 12.2 Å². The molecule has 1 amide bonds. The summed E-state index contributed by atoms with van der Waals surface area (Å²) in [6.07, 6.45) is 70.0. The fraction of sp³-hybridized carbons (Fsp3) is 0.957. The van der Waals surface area contributed by atoms with Gasteiger partial charge in [0.05, 0.1) is 25.4 Å². The number of aliphatic hydroxyl groups is 5. The van der Waals surface area contributed by atoms with Crippen LogP contribution in [0.2, 0.25) is 0 Å². The summed E-state index contributed by atoms with van der Waals surface area (Å²) in [6, 6.07) is -0.717. The van der Waals surface area contributed by atoms with Gasteiger partial charge in [-0.1, -0.05) is 341 Å². The van der Waals surface area contributed by atoms with E-state index < -0.39 is 49.5 Å². The molecule has 9 heteroatoms. The predicted octanol–water partition coefficient (Wildman–Crippen LogP) is 19.1. The second-order valence-corrected chi connectivity index (χ2v) is 25.0. The van der Waals surface area contributed by atoms with Crippen LogP contribution in [0, 0.1) is 0 Å². The first kappa shape index (κ1) is 75.9. The maximum atomic E-state index is 13.1. The molecule has 0 aliphatic carbocycles. The molecule has 6 N–H and O–H groups in total. The van der Waals surface area contributed by atoms with Crippen LogP contribution in [0.5, 0.6) is 0 Å². The zero-order valence-electron chi connectivity index (χ0n) is 52.7. The highest BCUT2D eigenvalue weighted by atomic mass is 16.7. The molecular weight excluding hydrogens is 983 g/mol. The van der Waals surface area contributed by atoms with Gasteiger partial charge in [0.1, 0.15) is 24.4 Å². The highest BCUT2D eigenvalue weighted by Crippen LogP contribution is 2.24. The fourth-order valence-corrected chi connectivity index (χ4v) is 11.8. The first-order valence-electron chi connectivity index (χ1n) is 35.4. The fourth-order valence-electron chi connectivity index (χ4n) is 11.8. The van der Waals surface area contributed by atoms with E-state index in [-0.39, 0.29) is 12.5 Å². The Morgan fingerprint density at radius 1 is 0.418 bits per heavy atom. The number of nitrogens with one attached hydrogen (secondary N) is 1. The van der Waals surface area contributed by atoms with E-state index in [4.69, 9.17) is 9.47 Å². The van der Waals surface area contributed by atoms with Gasteiger partial charge in [-0.2, -0.15) is 0 Å². The van der Waals surface area contributed by atoms with Crippen molar-refractivity contribution in [3.8, 4) is 0 Å². The quantitative estimate of drug-likeness (QED) is 0.0261. The summed E-state index contributed by atoms with van der Waals surface area (Å²) in [5.74, 6) is -0.135. The molecule has 1 fully saturated rings. The Morgan fingerprint density at radius 3 is 1.03 bits per heavy atom. The highest BCUT2D eigenvalue weighted by molar-refractivity contribution is 5.76. The average Bonchev–Trinajstić information content (AvgIpc) is 3.46. The number of ether oxygens (including phenoxy) is 2. The van der Waals surface area contributed by atoms with Gasteiger partial charge >= 0.3 is 0 Å². The van der Waals surface area contributed by atoms with E-state index in [9.17, 15) is 30.3 Å². The summed E-state index contributed by atoms with van der Waals surface area (Å²) in [5, 5.41) is 54.9. The lowest BCUT2D eigenvalue weighted by Crippen LogP contribution is -2.60. The van der Waals surface area contributed by atoms with E-state index in [1.807, 2.05) is 0 Å². The molecule has 7 atom stereocenters. The van der Waals surface area contributed by atoms with E-state index in [0.717, 1.165) is 38.5 Å². The van der Waals surface area contributed by atoms with Gasteiger partial charge in [0.25, 0.3) is 0 Å². The van der Waals surface area contributed by atoms with Crippen LogP contribution >= 0.6 is 0 Å². The highest BCUT2D eigenvalue weighted by Gasteiger charge is 2.44. The molecule has 0 bridgehead atoms. The third-order valence-corrected chi connectivity index (χ3v) is 17.4. The minimum Gasteiger partial charge on any atom is -0.394 e. The summed E-state index contributed by atoms with van der Waals surface area (Å²) in [5.41, 5.74) is 0. The van der Waals surface area contributed by atoms with Gasteiger partial charge in [0, 0.05) is 6.42 Å². The lowest BCUT2D eigenvalue weighted by atomic mass is 9.99. The molecule has 0 spiro atoms. The molecule has 0 aromatic carbocycles. The normalized spacial score (nSPS) is 18.5. The topological polar surface area (TPSA) is 149 Å². The predicted molar refractivity (Wildman–Crippen MR) is 337 cm³/mol. The molecular formula is C70H137NO8. The average molecular weight is 1120 g/mol. The number of rotatable bonds is 63. The molecule has 1 rings (SSSR count). The third kappa shape index (κ3) is 49.0. The second kappa shape index (κ2) is 60.1. The van der Waals surface area contributed by atoms with Crippen molar-refractivity contribution in [3.63, 3.8) is 0 Å². The van der Waals surface area contributed by atoms with E-state index in [2.05, 4.69) is 31.3 Å². The zero-order valence-corrected chi connectivity index (χ0v) is 52.7. The number of hydrogen-bond donors (Lipinski definition) is 6. The van der Waals surface area contributed by atoms with Crippen LogP contribution in [-0.4, -0.2) is 87.5 Å². The summed E-state index contributed by atoms with van der Waals surface area (Å²) in [6.45, 7) is 3.90. The van der Waals surface area contributed by atoms with Gasteiger partial charge in [-0.3, -0.25) is 4.79 Å². The Kier molecular flexibility index (Phi) is 57.7. The van der Waals surface area contributed by atoms with Gasteiger partial charge in [0.15, 0.2) is 6.29 Å². The van der Waals surface area contributed by atoms with Crippen LogP contribution in [0.3, 0.4) is 0 Å². The Hall–Kier alpha value is -1.07. The summed E-state index contributed by atoms with van der Waals surface area (Å²) < 4.78 is 11.4. The second-order valence-electron chi connectivity index (χ2n) is 25.0. The molecule has 1 aliphatic heterocycles. The summed E-state index contributed by atoms with van der Waals surface area (Å²) in [4.78, 5) is 13.1. The lowest BCUT2D eigenvalue weighted by Gasteiger charge is -2.40. The first-order chi connectivity index (χ1) is 38.8. The Morgan fingerprint density at radius 2 is 0.709 bits per heavy atom. The first-order valence-corrected chi connectivity index (χ1v) is 35.4. The molecule has 0 saturated carbocycles. The third-order valence-electron chi connectivity index (χ3n) is 17.4. The van der Waals surface area contributed by atoms with Crippen molar-refractivity contribution in [1.29, 1.82) is 0 Å². The molecule has 9 nitrogen and oxygen atoms in total.